The van der Waals surface area contributed by atoms with Gasteiger partial charge < -0.3 is 29.9 Å². The minimum Gasteiger partial charge on any atom is -0.462 e. The van der Waals surface area contributed by atoms with Gasteiger partial charge >= 0.3 is 12.2 Å². The first-order valence-corrected chi connectivity index (χ1v) is 16.6. The lowest BCUT2D eigenvalue weighted by atomic mass is 9.92. The average molecular weight is 716 g/mol. The molecule has 1 amide bonds. The maximum absolute atomic E-state index is 17.1. The maximum atomic E-state index is 17.1. The van der Waals surface area contributed by atoms with E-state index < -0.39 is 46.5 Å². The highest BCUT2D eigenvalue weighted by atomic mass is 32.1. The summed E-state index contributed by atoms with van der Waals surface area (Å²) in [5, 5.41) is 9.21. The molecule has 264 valence electrons. The second kappa shape index (κ2) is 13.6. The zero-order valence-corrected chi connectivity index (χ0v) is 28.3. The number of halogens is 5. The van der Waals surface area contributed by atoms with E-state index in [2.05, 4.69) is 21.4 Å². The summed E-state index contributed by atoms with van der Waals surface area (Å²) in [4.78, 5) is 26.8. The number of likely N-dealkylation sites (tertiary alicyclic amines) is 2. The molecular formula is C34H34F5N7O3S. The third-order valence-corrected chi connectivity index (χ3v) is 10.6. The summed E-state index contributed by atoms with van der Waals surface area (Å²) in [5.41, 5.74) is 2.56. The topological polar surface area (TPSA) is 121 Å². The number of aromatic nitrogens is 2. The Morgan fingerprint density at radius 3 is 2.64 bits per heavy atom. The van der Waals surface area contributed by atoms with Crippen LogP contribution in [-0.4, -0.2) is 91.3 Å². The van der Waals surface area contributed by atoms with Gasteiger partial charge in [-0.2, -0.15) is 28.4 Å². The van der Waals surface area contributed by atoms with E-state index in [0.717, 1.165) is 37.6 Å². The van der Waals surface area contributed by atoms with Crippen molar-refractivity contribution in [3.05, 3.63) is 53.6 Å². The van der Waals surface area contributed by atoms with Gasteiger partial charge in [-0.25, -0.2) is 8.78 Å². The number of ether oxygens (including phenoxy) is 2. The molecule has 0 bridgehead atoms. The van der Waals surface area contributed by atoms with Crippen LogP contribution in [0.1, 0.15) is 30.4 Å². The molecule has 2 N–H and O–H groups in total. The van der Waals surface area contributed by atoms with E-state index in [0.29, 0.717) is 24.3 Å². The first-order chi connectivity index (χ1) is 23.8. The first-order valence-electron chi connectivity index (χ1n) is 15.8. The number of hydrogen-bond donors (Lipinski definition) is 1. The summed E-state index contributed by atoms with van der Waals surface area (Å²) < 4.78 is 88.3. The second-order valence-corrected chi connectivity index (χ2v) is 13.5. The lowest BCUT2D eigenvalue weighted by Crippen LogP contribution is -2.48. The quantitative estimate of drug-likeness (QED) is 0.165. The minimum atomic E-state index is -5.11. The van der Waals surface area contributed by atoms with E-state index >= 15 is 17.6 Å². The molecule has 2 aromatic heterocycles. The number of nitriles is 1. The predicted octanol–water partition coefficient (Wildman–Crippen LogP) is 5.97. The van der Waals surface area contributed by atoms with Crippen molar-refractivity contribution in [2.45, 2.75) is 43.6 Å². The van der Waals surface area contributed by atoms with Crippen molar-refractivity contribution in [2.24, 2.45) is 0 Å². The van der Waals surface area contributed by atoms with Crippen LogP contribution in [0.4, 0.5) is 32.8 Å². The van der Waals surface area contributed by atoms with Gasteiger partial charge in [0.05, 0.1) is 34.5 Å². The number of carbonyl (C=O) groups excluding carboxylic acids is 1. The van der Waals surface area contributed by atoms with Crippen molar-refractivity contribution in [2.75, 3.05) is 58.1 Å². The predicted molar refractivity (Wildman–Crippen MR) is 180 cm³/mol. The Labute approximate surface area is 288 Å². The highest BCUT2D eigenvalue weighted by Gasteiger charge is 2.42. The van der Waals surface area contributed by atoms with Gasteiger partial charge in [-0.1, -0.05) is 12.6 Å². The van der Waals surface area contributed by atoms with Gasteiger partial charge in [-0.05, 0) is 56.6 Å². The number of rotatable bonds is 9. The van der Waals surface area contributed by atoms with Gasteiger partial charge in [0.2, 0.25) is 5.91 Å². The third kappa shape index (κ3) is 6.07. The lowest BCUT2D eigenvalue weighted by Gasteiger charge is -2.34. The summed E-state index contributed by atoms with van der Waals surface area (Å²) in [6, 6.07) is 3.22. The normalized spacial score (nSPS) is 19.7. The summed E-state index contributed by atoms with van der Waals surface area (Å²) in [6.07, 6.45) is -1.76. The molecule has 0 saturated carbocycles. The van der Waals surface area contributed by atoms with Crippen LogP contribution in [-0.2, 0) is 15.7 Å². The number of amides is 1. The molecule has 2 aliphatic rings. The van der Waals surface area contributed by atoms with E-state index in [1.807, 2.05) is 13.1 Å². The van der Waals surface area contributed by atoms with Crippen molar-refractivity contribution in [3.63, 3.8) is 0 Å². The molecule has 0 radical (unpaired) electrons. The fourth-order valence-electron chi connectivity index (χ4n) is 7.09. The van der Waals surface area contributed by atoms with Gasteiger partial charge in [0.1, 0.15) is 34.8 Å². The molecule has 0 aliphatic carbocycles. The molecule has 4 heterocycles. The molecule has 4 aromatic rings. The molecular weight excluding hydrogens is 681 g/mol. The van der Waals surface area contributed by atoms with Crippen LogP contribution in [0.25, 0.3) is 32.1 Å². The monoisotopic (exact) mass is 715 g/mol. The number of thiophene rings is 1. The molecule has 2 fully saturated rings. The van der Waals surface area contributed by atoms with Crippen LogP contribution in [0.3, 0.4) is 0 Å². The SMILES string of the molecule is C=CC(=O)N1CCC(N(C)c2nc(OCC3CCCN3C)nc3c(F)c(-c4ccc(F)c5sc(N)c(C#N)c45)c(C(F)(F)F)cc23)C1COC. The zero-order valence-electron chi connectivity index (χ0n) is 27.5. The number of benzene rings is 2. The van der Waals surface area contributed by atoms with Gasteiger partial charge in [-0.3, -0.25) is 4.79 Å². The molecule has 0 spiro atoms. The van der Waals surface area contributed by atoms with Crippen molar-refractivity contribution in [1.82, 2.24) is 19.8 Å². The maximum Gasteiger partial charge on any atom is 0.417 e. The number of carbonyl (C=O) groups is 1. The van der Waals surface area contributed by atoms with Crippen molar-refractivity contribution >= 4 is 49.1 Å². The molecule has 2 aliphatic heterocycles. The van der Waals surface area contributed by atoms with E-state index in [4.69, 9.17) is 15.2 Å². The smallest absolute Gasteiger partial charge is 0.417 e. The van der Waals surface area contributed by atoms with Crippen LogP contribution in [0, 0.1) is 23.0 Å². The average Bonchev–Trinajstić information content (AvgIpc) is 3.79. The van der Waals surface area contributed by atoms with Gasteiger partial charge in [0.25, 0.3) is 0 Å². The molecule has 2 saturated heterocycles. The van der Waals surface area contributed by atoms with Crippen molar-refractivity contribution in [1.29, 1.82) is 5.26 Å². The number of nitrogens with zero attached hydrogens (tertiary/aromatic N) is 6. The van der Waals surface area contributed by atoms with Crippen LogP contribution in [0.15, 0.2) is 30.9 Å². The zero-order chi connectivity index (χ0) is 36.1. The Morgan fingerprint density at radius 2 is 2.00 bits per heavy atom. The van der Waals surface area contributed by atoms with Crippen molar-refractivity contribution in [3.8, 4) is 23.2 Å². The second-order valence-electron chi connectivity index (χ2n) is 12.4. The Balaban J connectivity index is 1.60. The number of nitrogen functional groups attached to an aromatic ring is 1. The van der Waals surface area contributed by atoms with E-state index in [-0.39, 0.29) is 68.6 Å². The number of methoxy groups -OCH3 is 1. The minimum absolute atomic E-state index is 0.0174. The van der Waals surface area contributed by atoms with Crippen LogP contribution in [0.2, 0.25) is 0 Å². The fraction of sp³-hybridized carbons (Fsp3) is 0.412. The molecule has 6 rings (SSSR count). The van der Waals surface area contributed by atoms with Crippen LogP contribution in [0.5, 0.6) is 6.01 Å². The van der Waals surface area contributed by atoms with E-state index in [1.165, 1.54) is 13.2 Å². The van der Waals surface area contributed by atoms with E-state index in [1.54, 1.807) is 16.8 Å². The number of anilines is 2. The molecule has 50 heavy (non-hydrogen) atoms. The number of hydrogen-bond acceptors (Lipinski definition) is 10. The molecule has 3 unspecified atom stereocenters. The molecule has 3 atom stereocenters. The van der Waals surface area contributed by atoms with Gasteiger partial charge in [0.15, 0.2) is 5.82 Å². The highest BCUT2D eigenvalue weighted by Crippen LogP contribution is 2.48. The Morgan fingerprint density at radius 1 is 1.24 bits per heavy atom. The fourth-order valence-corrected chi connectivity index (χ4v) is 8.04. The molecule has 16 heteroatoms. The van der Waals surface area contributed by atoms with Gasteiger partial charge in [-0.15, -0.1) is 11.3 Å². The number of nitrogens with two attached hydrogens (primary N) is 1. The van der Waals surface area contributed by atoms with E-state index in [9.17, 15) is 14.4 Å². The summed E-state index contributed by atoms with van der Waals surface area (Å²) in [5.74, 6) is -2.57. The summed E-state index contributed by atoms with van der Waals surface area (Å²) in [6.45, 7) is 4.99. The number of alkyl halides is 3. The summed E-state index contributed by atoms with van der Waals surface area (Å²) >= 11 is 0.687. The standard InChI is InChI=1S/C34H34F5N7O3S/c1-5-25(47)46-12-10-23(24(46)16-48-4)45(3)32-19-13-21(34(37,38)39)27(18-8-9-22(35)30-26(18)20(14-40)31(41)50-30)28(36)29(19)42-33(43-32)49-15-17-7-6-11-44(17)2/h5,8-9,13,17,23-24H,1,6-7,10-12,15-16,41H2,2-4H3. The first kappa shape index (κ1) is 35.2. The van der Waals surface area contributed by atoms with Crippen LogP contribution >= 0.6 is 11.3 Å². The Bertz CT molecular complexity index is 2030. The third-order valence-electron chi connectivity index (χ3n) is 9.61. The Kier molecular flexibility index (Phi) is 9.59. The van der Waals surface area contributed by atoms with Crippen molar-refractivity contribution < 1.29 is 36.2 Å². The van der Waals surface area contributed by atoms with Crippen LogP contribution < -0.4 is 15.4 Å². The Hall–Kier alpha value is -4.59. The molecule has 10 nitrogen and oxygen atoms in total. The molecule has 2 aromatic carbocycles. The number of fused-ring (bicyclic) bond motifs is 2. The summed E-state index contributed by atoms with van der Waals surface area (Å²) in [7, 11) is 5.01. The highest BCUT2D eigenvalue weighted by molar-refractivity contribution is 7.23. The van der Waals surface area contributed by atoms with Gasteiger partial charge in [0, 0.05) is 43.1 Å². The lowest BCUT2D eigenvalue weighted by molar-refractivity contribution is -0.137. The number of likely N-dealkylation sites (N-methyl/N-ethyl adjacent to an activating group) is 2. The largest absolute Gasteiger partial charge is 0.462 e.